The van der Waals surface area contributed by atoms with Crippen molar-refractivity contribution >= 4 is 16.5 Å². The fourth-order valence-corrected chi connectivity index (χ4v) is 9.09. The van der Waals surface area contributed by atoms with E-state index >= 15 is 0 Å². The number of aromatic nitrogens is 1. The van der Waals surface area contributed by atoms with E-state index in [4.69, 9.17) is 16.1 Å². The van der Waals surface area contributed by atoms with Gasteiger partial charge in [-0.3, -0.25) is 4.90 Å². The zero-order valence-corrected chi connectivity index (χ0v) is 25.0. The van der Waals surface area contributed by atoms with Crippen LogP contribution >= 0.6 is 0 Å². The Kier molecular flexibility index (Phi) is 6.70. The Morgan fingerprint density at radius 1 is 1.18 bits per heavy atom. The molecule has 5 aliphatic heterocycles. The van der Waals surface area contributed by atoms with Gasteiger partial charge in [-0.2, -0.15) is 5.26 Å². The predicted molar refractivity (Wildman–Crippen MR) is 168 cm³/mol. The monoisotopic (exact) mass is 591 g/mol. The summed E-state index contributed by atoms with van der Waals surface area (Å²) in [6.07, 6.45) is 12.7. The highest BCUT2D eigenvalue weighted by Gasteiger charge is 2.49. The van der Waals surface area contributed by atoms with Gasteiger partial charge in [0.2, 0.25) is 5.88 Å². The van der Waals surface area contributed by atoms with Crippen molar-refractivity contribution in [2.24, 2.45) is 0 Å². The predicted octanol–water partition coefficient (Wildman–Crippen LogP) is 5.31. The summed E-state index contributed by atoms with van der Waals surface area (Å²) in [6, 6.07) is 12.8. The average molecular weight is 592 g/mol. The standard InChI is InChI=1S/C36H38FN5O2/c1-2-22-5-3-6-23-15-28(43)16-32(33(22)23)41-12-9-29-31(20-41)30(18-38)35(40-34(29)24-13-26-7-8-27(14-24)39-26)44-21-36-10-4-11-42(36)19-25(37)17-36/h1,3,5-6,15-16,24-27,39,43H,4,7-14,17,19-21H2. The summed E-state index contributed by atoms with van der Waals surface area (Å²) in [5.41, 5.74) is 4.99. The number of ether oxygens (including phenoxy) is 1. The number of nitrogens with one attached hydrogen (secondary N) is 1. The Labute approximate surface area is 258 Å². The molecule has 0 radical (unpaired) electrons. The fraction of sp³-hybridized carbons (Fsp3) is 0.500. The molecule has 2 aromatic carbocycles. The number of benzene rings is 2. The molecule has 5 aliphatic rings. The largest absolute Gasteiger partial charge is 0.508 e. The van der Waals surface area contributed by atoms with Gasteiger partial charge < -0.3 is 20.1 Å². The van der Waals surface area contributed by atoms with Crippen LogP contribution in [-0.4, -0.2) is 65.0 Å². The molecule has 2 bridgehead atoms. The molecule has 3 aromatic rings. The van der Waals surface area contributed by atoms with Crippen LogP contribution in [0.25, 0.3) is 10.8 Å². The number of nitriles is 1. The van der Waals surface area contributed by atoms with Crippen molar-refractivity contribution in [3.63, 3.8) is 0 Å². The molecule has 0 saturated carbocycles. The van der Waals surface area contributed by atoms with Gasteiger partial charge in [-0.25, -0.2) is 9.37 Å². The molecule has 2 N–H and O–H groups in total. The Hall–Kier alpha value is -3.85. The summed E-state index contributed by atoms with van der Waals surface area (Å²) in [5, 5.41) is 26.9. The second-order valence-electron chi connectivity index (χ2n) is 13.6. The zero-order valence-electron chi connectivity index (χ0n) is 25.0. The molecule has 4 saturated heterocycles. The Balaban J connectivity index is 1.21. The fourth-order valence-electron chi connectivity index (χ4n) is 9.09. The van der Waals surface area contributed by atoms with Crippen LogP contribution in [0.3, 0.4) is 0 Å². The topological polar surface area (TPSA) is 84.7 Å². The molecule has 0 spiro atoms. The molecule has 44 heavy (non-hydrogen) atoms. The highest BCUT2D eigenvalue weighted by Crippen LogP contribution is 2.45. The molecule has 0 aliphatic carbocycles. The minimum Gasteiger partial charge on any atom is -0.508 e. The maximum Gasteiger partial charge on any atom is 0.232 e. The van der Waals surface area contributed by atoms with Gasteiger partial charge in [0.05, 0.1) is 11.2 Å². The molecule has 4 atom stereocenters. The highest BCUT2D eigenvalue weighted by atomic mass is 19.1. The first-order chi connectivity index (χ1) is 21.4. The third-order valence-electron chi connectivity index (χ3n) is 11.0. The molecule has 6 heterocycles. The SMILES string of the molecule is C#Cc1cccc2cc(O)cc(N3CCc4c(C5CC6CCC(C5)N6)nc(OCC56CCCN5CC(F)C6)c(C#N)c4C3)c12. The van der Waals surface area contributed by atoms with Gasteiger partial charge in [-0.1, -0.05) is 18.1 Å². The van der Waals surface area contributed by atoms with Crippen LogP contribution < -0.4 is 15.0 Å². The summed E-state index contributed by atoms with van der Waals surface area (Å²) in [7, 11) is 0. The van der Waals surface area contributed by atoms with Crippen LogP contribution in [0.15, 0.2) is 30.3 Å². The van der Waals surface area contributed by atoms with Crippen molar-refractivity contribution in [2.75, 3.05) is 31.1 Å². The molecule has 8 rings (SSSR count). The van der Waals surface area contributed by atoms with Gasteiger partial charge in [0.15, 0.2) is 0 Å². The number of hydrogen-bond acceptors (Lipinski definition) is 7. The van der Waals surface area contributed by atoms with Crippen molar-refractivity contribution in [3.05, 3.63) is 58.3 Å². The van der Waals surface area contributed by atoms with Crippen LogP contribution in [0.4, 0.5) is 10.1 Å². The lowest BCUT2D eigenvalue weighted by Gasteiger charge is -2.37. The molecule has 8 heteroatoms. The quantitative estimate of drug-likeness (QED) is 0.389. The number of hydrogen-bond donors (Lipinski definition) is 2. The van der Waals surface area contributed by atoms with E-state index in [1.54, 1.807) is 12.1 Å². The smallest absolute Gasteiger partial charge is 0.232 e. The number of nitrogens with zero attached hydrogens (tertiary/aromatic N) is 4. The van der Waals surface area contributed by atoms with Crippen LogP contribution in [0.1, 0.15) is 78.8 Å². The first-order valence-corrected chi connectivity index (χ1v) is 16.2. The van der Waals surface area contributed by atoms with E-state index in [9.17, 15) is 14.8 Å². The minimum absolute atomic E-state index is 0.181. The number of pyridine rings is 1. The lowest BCUT2D eigenvalue weighted by atomic mass is 9.83. The van der Waals surface area contributed by atoms with Gasteiger partial charge in [-0.15, -0.1) is 6.42 Å². The van der Waals surface area contributed by atoms with E-state index in [0.717, 1.165) is 78.5 Å². The Morgan fingerprint density at radius 2 is 2.02 bits per heavy atom. The van der Waals surface area contributed by atoms with Crippen molar-refractivity contribution in [3.8, 4) is 30.0 Å². The number of anilines is 1. The van der Waals surface area contributed by atoms with E-state index in [0.29, 0.717) is 55.6 Å². The van der Waals surface area contributed by atoms with E-state index in [1.807, 2.05) is 18.2 Å². The second kappa shape index (κ2) is 10.6. The van der Waals surface area contributed by atoms with Crippen molar-refractivity contribution in [1.29, 1.82) is 5.26 Å². The molecular weight excluding hydrogens is 553 g/mol. The molecular formula is C36H38FN5O2. The van der Waals surface area contributed by atoms with Crippen molar-refractivity contribution in [2.45, 2.75) is 87.6 Å². The summed E-state index contributed by atoms with van der Waals surface area (Å²) < 4.78 is 21.1. The Bertz CT molecular complexity index is 1720. The summed E-state index contributed by atoms with van der Waals surface area (Å²) in [5.74, 6) is 3.70. The number of fused-ring (bicyclic) bond motifs is 5. The number of terminal acetylenes is 1. The molecule has 226 valence electrons. The normalized spacial score (nSPS) is 29.3. The van der Waals surface area contributed by atoms with Crippen LogP contribution in [-0.2, 0) is 13.0 Å². The van der Waals surface area contributed by atoms with E-state index < -0.39 is 6.17 Å². The maximum atomic E-state index is 14.6. The number of phenols is 1. The van der Waals surface area contributed by atoms with E-state index in [2.05, 4.69) is 27.1 Å². The van der Waals surface area contributed by atoms with Crippen molar-refractivity contribution < 1.29 is 14.2 Å². The molecule has 4 unspecified atom stereocenters. The number of rotatable bonds is 5. The lowest BCUT2D eigenvalue weighted by Crippen LogP contribution is -2.43. The number of piperidine rings is 1. The lowest BCUT2D eigenvalue weighted by molar-refractivity contribution is 0.110. The van der Waals surface area contributed by atoms with Gasteiger partial charge >= 0.3 is 0 Å². The molecule has 7 nitrogen and oxygen atoms in total. The maximum absolute atomic E-state index is 14.6. The Morgan fingerprint density at radius 3 is 2.82 bits per heavy atom. The van der Waals surface area contributed by atoms with E-state index in [1.165, 1.54) is 18.4 Å². The van der Waals surface area contributed by atoms with Gasteiger partial charge in [-0.05, 0) is 80.1 Å². The second-order valence-corrected chi connectivity index (χ2v) is 13.6. The minimum atomic E-state index is -0.842. The van der Waals surface area contributed by atoms with Gasteiger partial charge in [0, 0.05) is 66.8 Å². The third-order valence-corrected chi connectivity index (χ3v) is 11.0. The average Bonchev–Trinajstić information content (AvgIpc) is 3.68. The number of aromatic hydroxyl groups is 1. The molecule has 1 aromatic heterocycles. The summed E-state index contributed by atoms with van der Waals surface area (Å²) in [6.45, 7) is 2.90. The first-order valence-electron chi connectivity index (χ1n) is 16.2. The number of phenolic OH excluding ortho intramolecular Hbond substituents is 1. The van der Waals surface area contributed by atoms with Crippen LogP contribution in [0, 0.1) is 23.7 Å². The zero-order chi connectivity index (χ0) is 30.0. The molecule has 4 fully saturated rings. The van der Waals surface area contributed by atoms with Gasteiger partial charge in [0.1, 0.15) is 30.2 Å². The molecule has 0 amide bonds. The van der Waals surface area contributed by atoms with Crippen LogP contribution in [0.5, 0.6) is 11.6 Å². The summed E-state index contributed by atoms with van der Waals surface area (Å²) >= 11 is 0. The number of alkyl halides is 1. The van der Waals surface area contributed by atoms with Crippen molar-refractivity contribution in [1.82, 2.24) is 15.2 Å². The summed E-state index contributed by atoms with van der Waals surface area (Å²) in [4.78, 5) is 9.66. The van der Waals surface area contributed by atoms with Gasteiger partial charge in [0.25, 0.3) is 0 Å². The highest BCUT2D eigenvalue weighted by molar-refractivity contribution is 6.00. The third kappa shape index (κ3) is 4.50. The van der Waals surface area contributed by atoms with E-state index in [-0.39, 0.29) is 11.3 Å². The van der Waals surface area contributed by atoms with Crippen LogP contribution in [0.2, 0.25) is 0 Å². The first kappa shape index (κ1) is 27.7. The number of halogens is 1.